The zero-order chi connectivity index (χ0) is 13.6. The van der Waals surface area contributed by atoms with Gasteiger partial charge in [-0.25, -0.2) is 4.68 Å². The Labute approximate surface area is 108 Å². The van der Waals surface area contributed by atoms with E-state index in [1.807, 2.05) is 0 Å². The summed E-state index contributed by atoms with van der Waals surface area (Å²) in [4.78, 5) is 4.75. The number of aromatic nitrogens is 4. The van der Waals surface area contributed by atoms with Gasteiger partial charge in [-0.3, -0.25) is 4.40 Å². The first-order valence-electron chi connectivity index (χ1n) is 5.18. The van der Waals surface area contributed by atoms with Crippen LogP contribution in [0, 0.1) is 0 Å². The van der Waals surface area contributed by atoms with Crippen molar-refractivity contribution in [3.63, 3.8) is 0 Å². The molecule has 0 aromatic carbocycles. The van der Waals surface area contributed by atoms with Gasteiger partial charge in [-0.15, -0.1) is 11.3 Å². The van der Waals surface area contributed by atoms with E-state index in [0.717, 1.165) is 17.1 Å². The van der Waals surface area contributed by atoms with Crippen LogP contribution in [0.1, 0.15) is 11.3 Å². The van der Waals surface area contributed by atoms with Gasteiger partial charge in [0, 0.05) is 17.8 Å². The quantitative estimate of drug-likeness (QED) is 0.785. The van der Waals surface area contributed by atoms with Crippen LogP contribution in [0.4, 0.5) is 13.2 Å². The van der Waals surface area contributed by atoms with Crippen molar-refractivity contribution in [2.45, 2.75) is 12.8 Å². The van der Waals surface area contributed by atoms with Gasteiger partial charge < -0.3 is 5.11 Å². The molecule has 9 heteroatoms. The van der Waals surface area contributed by atoms with E-state index >= 15 is 0 Å². The van der Waals surface area contributed by atoms with E-state index in [0.29, 0.717) is 10.7 Å². The first kappa shape index (κ1) is 12.2. The lowest BCUT2D eigenvalue weighted by molar-refractivity contribution is -0.137. The minimum Gasteiger partial charge on any atom is -0.390 e. The van der Waals surface area contributed by atoms with E-state index in [9.17, 15) is 18.3 Å². The van der Waals surface area contributed by atoms with Gasteiger partial charge >= 0.3 is 6.18 Å². The van der Waals surface area contributed by atoms with E-state index in [-0.39, 0.29) is 12.4 Å². The molecule has 0 amide bonds. The number of nitrogens with zero attached hydrogens (tertiary/aromatic N) is 4. The molecule has 0 saturated carbocycles. The van der Waals surface area contributed by atoms with Gasteiger partial charge in [0.25, 0.3) is 0 Å². The van der Waals surface area contributed by atoms with Crippen molar-refractivity contribution in [2.24, 2.45) is 0 Å². The molecule has 0 aliphatic heterocycles. The van der Waals surface area contributed by atoms with Crippen molar-refractivity contribution in [1.29, 1.82) is 0 Å². The lowest BCUT2D eigenvalue weighted by Crippen LogP contribution is -2.04. The summed E-state index contributed by atoms with van der Waals surface area (Å²) in [5.74, 6) is 0.199. The fourth-order valence-corrected chi connectivity index (χ4v) is 2.46. The molecule has 100 valence electrons. The van der Waals surface area contributed by atoms with Crippen LogP contribution in [0.25, 0.3) is 10.8 Å². The molecule has 0 bridgehead atoms. The molecule has 0 aliphatic rings. The standard InChI is InChI=1S/C10H7F3N4OS/c11-10(12,13)6-3-14-17(4-6)8-7(5-18)16-1-2-19-9(16)15-8/h1-4,18H,5H2. The number of aliphatic hydroxyl groups excluding tert-OH is 1. The Kier molecular flexibility index (Phi) is 2.61. The van der Waals surface area contributed by atoms with Crippen LogP contribution in [0.3, 0.4) is 0 Å². The van der Waals surface area contributed by atoms with Gasteiger partial charge in [0.2, 0.25) is 0 Å². The molecule has 0 saturated heterocycles. The second-order valence-corrected chi connectivity index (χ2v) is 4.64. The maximum atomic E-state index is 12.5. The summed E-state index contributed by atoms with van der Waals surface area (Å²) >= 11 is 1.32. The third kappa shape index (κ3) is 1.90. The molecule has 0 unspecified atom stereocenters. The normalized spacial score (nSPS) is 12.4. The van der Waals surface area contributed by atoms with Crippen molar-refractivity contribution in [3.8, 4) is 5.82 Å². The monoisotopic (exact) mass is 288 g/mol. The van der Waals surface area contributed by atoms with Gasteiger partial charge in [0.05, 0.1) is 24.1 Å². The van der Waals surface area contributed by atoms with Crippen molar-refractivity contribution >= 4 is 16.3 Å². The minimum atomic E-state index is -4.45. The Bertz CT molecular complexity index is 727. The van der Waals surface area contributed by atoms with Crippen molar-refractivity contribution in [2.75, 3.05) is 0 Å². The third-order valence-electron chi connectivity index (χ3n) is 2.62. The summed E-state index contributed by atoms with van der Waals surface area (Å²) in [5.41, 5.74) is -0.458. The highest BCUT2D eigenvalue weighted by molar-refractivity contribution is 7.15. The molecular weight excluding hydrogens is 281 g/mol. The number of hydrogen-bond acceptors (Lipinski definition) is 4. The molecule has 5 nitrogen and oxygen atoms in total. The van der Waals surface area contributed by atoms with Crippen LogP contribution in [-0.4, -0.2) is 24.3 Å². The smallest absolute Gasteiger partial charge is 0.390 e. The average Bonchev–Trinajstić information content (AvgIpc) is 3.01. The number of alkyl halides is 3. The number of thiazole rings is 1. The molecule has 3 heterocycles. The molecule has 19 heavy (non-hydrogen) atoms. The Hall–Kier alpha value is -1.87. The topological polar surface area (TPSA) is 55.3 Å². The van der Waals surface area contributed by atoms with E-state index in [2.05, 4.69) is 10.1 Å². The summed E-state index contributed by atoms with van der Waals surface area (Å²) in [6, 6.07) is 0. The molecule has 1 N–H and O–H groups in total. The van der Waals surface area contributed by atoms with Gasteiger partial charge in [-0.1, -0.05) is 0 Å². The second kappa shape index (κ2) is 4.07. The number of aliphatic hydroxyl groups is 1. The van der Waals surface area contributed by atoms with Crippen LogP contribution < -0.4 is 0 Å². The van der Waals surface area contributed by atoms with Gasteiger partial charge in [-0.2, -0.15) is 23.3 Å². The first-order chi connectivity index (χ1) is 9.00. The molecule has 0 atom stereocenters. The first-order valence-corrected chi connectivity index (χ1v) is 6.06. The molecule has 3 aromatic rings. The fraction of sp³-hybridized carbons (Fsp3) is 0.200. The minimum absolute atomic E-state index is 0.199. The second-order valence-electron chi connectivity index (χ2n) is 3.77. The predicted octanol–water partition coefficient (Wildman–Crippen LogP) is 2.09. The Morgan fingerprint density at radius 1 is 1.37 bits per heavy atom. The van der Waals surface area contributed by atoms with E-state index < -0.39 is 11.7 Å². The lowest BCUT2D eigenvalue weighted by Gasteiger charge is -2.01. The molecule has 0 radical (unpaired) electrons. The van der Waals surface area contributed by atoms with E-state index in [4.69, 9.17) is 0 Å². The zero-order valence-corrected chi connectivity index (χ0v) is 10.1. The maximum absolute atomic E-state index is 12.5. The third-order valence-corrected chi connectivity index (χ3v) is 3.37. The van der Waals surface area contributed by atoms with Crippen LogP contribution in [0.5, 0.6) is 0 Å². The molecule has 0 aliphatic carbocycles. The Balaban J connectivity index is 2.13. The number of halogens is 3. The number of fused-ring (bicyclic) bond motifs is 1. The van der Waals surface area contributed by atoms with Crippen molar-refractivity contribution in [3.05, 3.63) is 35.2 Å². The van der Waals surface area contributed by atoms with Crippen LogP contribution >= 0.6 is 11.3 Å². The summed E-state index contributed by atoms with van der Waals surface area (Å²) in [6.45, 7) is -0.339. The average molecular weight is 288 g/mol. The summed E-state index contributed by atoms with van der Waals surface area (Å²) < 4.78 is 40.2. The molecule has 3 aromatic heterocycles. The summed E-state index contributed by atoms with van der Waals surface area (Å²) in [6.07, 6.45) is -1.18. The molecule has 0 fully saturated rings. The Morgan fingerprint density at radius 2 is 2.16 bits per heavy atom. The van der Waals surface area contributed by atoms with E-state index in [1.54, 1.807) is 16.0 Å². The number of rotatable bonds is 2. The summed E-state index contributed by atoms with van der Waals surface area (Å²) in [5, 5.41) is 14.8. The van der Waals surface area contributed by atoms with Gasteiger partial charge in [0.1, 0.15) is 0 Å². The van der Waals surface area contributed by atoms with Crippen molar-refractivity contribution < 1.29 is 18.3 Å². The van der Waals surface area contributed by atoms with Crippen molar-refractivity contribution in [1.82, 2.24) is 19.2 Å². The van der Waals surface area contributed by atoms with Crippen LogP contribution in [-0.2, 0) is 12.8 Å². The van der Waals surface area contributed by atoms with Crippen LogP contribution in [0.2, 0.25) is 0 Å². The van der Waals surface area contributed by atoms with Gasteiger partial charge in [0.15, 0.2) is 10.8 Å². The summed E-state index contributed by atoms with van der Waals surface area (Å²) in [7, 11) is 0. The zero-order valence-electron chi connectivity index (χ0n) is 9.29. The molecule has 3 rings (SSSR count). The lowest BCUT2D eigenvalue weighted by atomic mass is 10.3. The Morgan fingerprint density at radius 3 is 2.79 bits per heavy atom. The highest BCUT2D eigenvalue weighted by Crippen LogP contribution is 2.29. The molecular formula is C10H7F3N4OS. The van der Waals surface area contributed by atoms with Gasteiger partial charge in [-0.05, 0) is 0 Å². The fourth-order valence-electron chi connectivity index (χ4n) is 1.74. The van der Waals surface area contributed by atoms with E-state index in [1.165, 1.54) is 11.3 Å². The number of hydrogen-bond donors (Lipinski definition) is 1. The SMILES string of the molecule is OCc1c(-n2cc(C(F)(F)F)cn2)nc2sccn12. The maximum Gasteiger partial charge on any atom is 0.419 e. The number of imidazole rings is 1. The predicted molar refractivity (Wildman–Crippen MR) is 61.1 cm³/mol. The molecule has 0 spiro atoms. The highest BCUT2D eigenvalue weighted by Gasteiger charge is 2.32. The highest BCUT2D eigenvalue weighted by atomic mass is 32.1. The largest absolute Gasteiger partial charge is 0.419 e. The van der Waals surface area contributed by atoms with Crippen LogP contribution in [0.15, 0.2) is 24.0 Å².